The monoisotopic (exact) mass is 322 g/mol. The lowest BCUT2D eigenvalue weighted by Crippen LogP contribution is -2.55. The number of nitrogens with zero attached hydrogens (tertiary/aromatic N) is 1. The molecule has 3 rings (SSSR count). The Kier molecular flexibility index (Phi) is 4.97. The van der Waals surface area contributed by atoms with Crippen LogP contribution in [-0.2, 0) is 14.3 Å². The van der Waals surface area contributed by atoms with Gasteiger partial charge in [-0.25, -0.2) is 0 Å². The molecule has 2 unspecified atom stereocenters. The van der Waals surface area contributed by atoms with E-state index in [9.17, 15) is 9.59 Å². The summed E-state index contributed by atoms with van der Waals surface area (Å²) in [6.45, 7) is 3.47. The maximum Gasteiger partial charge on any atom is 0.287 e. The van der Waals surface area contributed by atoms with Gasteiger partial charge in [0.2, 0.25) is 5.91 Å². The molecule has 0 radical (unpaired) electrons. The Morgan fingerprint density at radius 2 is 2.09 bits per heavy atom. The SMILES string of the molecule is CC(NC(=O)c1ccco1)C(=O)N1CCCCC1C1OCCO1. The first kappa shape index (κ1) is 16.0. The molecule has 2 aliphatic heterocycles. The fraction of sp³-hybridized carbons (Fsp3) is 0.625. The van der Waals surface area contributed by atoms with Crippen LogP contribution in [0.2, 0.25) is 0 Å². The quantitative estimate of drug-likeness (QED) is 0.899. The van der Waals surface area contributed by atoms with Crippen LogP contribution in [0.4, 0.5) is 0 Å². The van der Waals surface area contributed by atoms with Crippen LogP contribution in [0, 0.1) is 0 Å². The smallest absolute Gasteiger partial charge is 0.287 e. The molecule has 23 heavy (non-hydrogen) atoms. The van der Waals surface area contributed by atoms with Crippen LogP contribution < -0.4 is 5.32 Å². The zero-order valence-corrected chi connectivity index (χ0v) is 13.2. The third kappa shape index (κ3) is 3.56. The van der Waals surface area contributed by atoms with Gasteiger partial charge in [-0.2, -0.15) is 0 Å². The predicted molar refractivity (Wildman–Crippen MR) is 80.7 cm³/mol. The summed E-state index contributed by atoms with van der Waals surface area (Å²) in [5, 5.41) is 2.68. The van der Waals surface area contributed by atoms with Crippen molar-refractivity contribution in [1.82, 2.24) is 10.2 Å². The molecule has 0 spiro atoms. The Labute approximate surface area is 134 Å². The van der Waals surface area contributed by atoms with Crippen molar-refractivity contribution >= 4 is 11.8 Å². The van der Waals surface area contributed by atoms with Crippen molar-refractivity contribution in [2.45, 2.75) is 44.6 Å². The van der Waals surface area contributed by atoms with E-state index in [4.69, 9.17) is 13.9 Å². The van der Waals surface area contributed by atoms with Crippen LogP contribution in [0.1, 0.15) is 36.7 Å². The molecule has 7 heteroatoms. The standard InChI is InChI=1S/C16H22N2O5/c1-11(17-14(19)13-6-4-8-21-13)15(20)18-7-3-2-5-12(18)16-22-9-10-23-16/h4,6,8,11-12,16H,2-3,5,7,9-10H2,1H3,(H,17,19). The molecular weight excluding hydrogens is 300 g/mol. The Balaban J connectivity index is 1.63. The van der Waals surface area contributed by atoms with Crippen molar-refractivity contribution in [3.63, 3.8) is 0 Å². The molecule has 126 valence electrons. The summed E-state index contributed by atoms with van der Waals surface area (Å²) < 4.78 is 16.2. The first-order valence-electron chi connectivity index (χ1n) is 8.05. The minimum Gasteiger partial charge on any atom is -0.459 e. The van der Waals surface area contributed by atoms with E-state index >= 15 is 0 Å². The topological polar surface area (TPSA) is 81.0 Å². The van der Waals surface area contributed by atoms with E-state index in [1.807, 2.05) is 0 Å². The molecule has 2 aliphatic rings. The van der Waals surface area contributed by atoms with E-state index in [-0.39, 0.29) is 24.0 Å². The lowest BCUT2D eigenvalue weighted by molar-refractivity contribution is -0.152. The number of carbonyl (C=O) groups excluding carboxylic acids is 2. The third-order valence-corrected chi connectivity index (χ3v) is 4.26. The molecule has 0 aliphatic carbocycles. The van der Waals surface area contributed by atoms with E-state index < -0.39 is 11.9 Å². The van der Waals surface area contributed by atoms with Crippen LogP contribution in [0.15, 0.2) is 22.8 Å². The molecule has 0 bridgehead atoms. The summed E-state index contributed by atoms with van der Waals surface area (Å²) in [7, 11) is 0. The number of ether oxygens (including phenoxy) is 2. The van der Waals surface area contributed by atoms with Gasteiger partial charge in [0.05, 0.1) is 25.5 Å². The Morgan fingerprint density at radius 3 is 2.78 bits per heavy atom. The van der Waals surface area contributed by atoms with Gasteiger partial charge in [-0.05, 0) is 38.3 Å². The number of hydrogen-bond donors (Lipinski definition) is 1. The Morgan fingerprint density at radius 1 is 1.30 bits per heavy atom. The van der Waals surface area contributed by atoms with Crippen molar-refractivity contribution in [3.8, 4) is 0 Å². The van der Waals surface area contributed by atoms with Gasteiger partial charge in [-0.3, -0.25) is 9.59 Å². The molecule has 0 saturated carbocycles. The number of hydrogen-bond acceptors (Lipinski definition) is 5. The molecule has 2 amide bonds. The Hall–Kier alpha value is -1.86. The van der Waals surface area contributed by atoms with Gasteiger partial charge in [-0.15, -0.1) is 0 Å². The van der Waals surface area contributed by atoms with Crippen molar-refractivity contribution in [1.29, 1.82) is 0 Å². The fourth-order valence-corrected chi connectivity index (χ4v) is 3.10. The van der Waals surface area contributed by atoms with Crippen molar-refractivity contribution < 1.29 is 23.5 Å². The van der Waals surface area contributed by atoms with Crippen molar-refractivity contribution in [3.05, 3.63) is 24.2 Å². The number of likely N-dealkylation sites (tertiary alicyclic amines) is 1. The van der Waals surface area contributed by atoms with E-state index in [1.165, 1.54) is 6.26 Å². The number of amides is 2. The van der Waals surface area contributed by atoms with Crippen LogP contribution >= 0.6 is 0 Å². The molecule has 2 saturated heterocycles. The second kappa shape index (κ2) is 7.14. The first-order valence-corrected chi connectivity index (χ1v) is 8.05. The lowest BCUT2D eigenvalue weighted by atomic mass is 10.0. The average Bonchev–Trinajstić information content (AvgIpc) is 3.27. The van der Waals surface area contributed by atoms with Gasteiger partial charge in [-0.1, -0.05) is 0 Å². The molecule has 0 aromatic carbocycles. The summed E-state index contributed by atoms with van der Waals surface area (Å²) in [5.74, 6) is -0.311. The normalized spacial score (nSPS) is 23.7. The minimum absolute atomic E-state index is 0.0817. The molecule has 1 aromatic heterocycles. The van der Waals surface area contributed by atoms with E-state index in [0.29, 0.717) is 19.8 Å². The summed E-state index contributed by atoms with van der Waals surface area (Å²) in [6, 6.07) is 2.49. The minimum atomic E-state index is -0.630. The van der Waals surface area contributed by atoms with Crippen LogP contribution in [-0.4, -0.2) is 54.8 Å². The average molecular weight is 322 g/mol. The second-order valence-electron chi connectivity index (χ2n) is 5.88. The highest BCUT2D eigenvalue weighted by Crippen LogP contribution is 2.25. The molecular formula is C16H22N2O5. The van der Waals surface area contributed by atoms with E-state index in [2.05, 4.69) is 5.32 Å². The molecule has 3 heterocycles. The number of furan rings is 1. The van der Waals surface area contributed by atoms with Gasteiger partial charge < -0.3 is 24.1 Å². The van der Waals surface area contributed by atoms with Crippen LogP contribution in [0.3, 0.4) is 0 Å². The molecule has 1 aromatic rings. The molecule has 7 nitrogen and oxygen atoms in total. The lowest BCUT2D eigenvalue weighted by Gasteiger charge is -2.39. The highest BCUT2D eigenvalue weighted by atomic mass is 16.7. The highest BCUT2D eigenvalue weighted by Gasteiger charge is 2.37. The number of nitrogens with one attached hydrogen (secondary N) is 1. The number of carbonyl (C=O) groups is 2. The molecule has 2 fully saturated rings. The predicted octanol–water partition coefficient (Wildman–Crippen LogP) is 1.15. The van der Waals surface area contributed by atoms with Crippen molar-refractivity contribution in [2.75, 3.05) is 19.8 Å². The summed E-state index contributed by atoms with van der Waals surface area (Å²) in [5.41, 5.74) is 0. The molecule has 1 N–H and O–H groups in total. The van der Waals surface area contributed by atoms with E-state index in [1.54, 1.807) is 24.0 Å². The maximum absolute atomic E-state index is 12.7. The highest BCUT2D eigenvalue weighted by molar-refractivity contribution is 5.95. The van der Waals surface area contributed by atoms with Gasteiger partial charge in [0, 0.05) is 6.54 Å². The zero-order valence-electron chi connectivity index (χ0n) is 13.2. The van der Waals surface area contributed by atoms with Crippen molar-refractivity contribution in [2.24, 2.45) is 0 Å². The maximum atomic E-state index is 12.7. The fourth-order valence-electron chi connectivity index (χ4n) is 3.10. The second-order valence-corrected chi connectivity index (χ2v) is 5.88. The summed E-state index contributed by atoms with van der Waals surface area (Å²) >= 11 is 0. The molecule has 2 atom stereocenters. The van der Waals surface area contributed by atoms with Gasteiger partial charge in [0.15, 0.2) is 12.1 Å². The number of rotatable bonds is 4. The van der Waals surface area contributed by atoms with E-state index in [0.717, 1.165) is 19.3 Å². The van der Waals surface area contributed by atoms with Crippen LogP contribution in [0.5, 0.6) is 0 Å². The summed E-state index contributed by atoms with van der Waals surface area (Å²) in [4.78, 5) is 26.5. The Bertz CT molecular complexity index is 539. The van der Waals surface area contributed by atoms with Gasteiger partial charge in [0.1, 0.15) is 6.04 Å². The number of piperidine rings is 1. The largest absolute Gasteiger partial charge is 0.459 e. The zero-order chi connectivity index (χ0) is 16.2. The first-order chi connectivity index (χ1) is 11.2. The van der Waals surface area contributed by atoms with Crippen LogP contribution in [0.25, 0.3) is 0 Å². The third-order valence-electron chi connectivity index (χ3n) is 4.26. The summed E-state index contributed by atoms with van der Waals surface area (Å²) in [6.07, 6.45) is 3.93. The van der Waals surface area contributed by atoms with Gasteiger partial charge >= 0.3 is 0 Å². The van der Waals surface area contributed by atoms with Gasteiger partial charge in [0.25, 0.3) is 5.91 Å².